The number of amides is 2. The molecule has 1 saturated carbocycles. The van der Waals surface area contributed by atoms with Crippen LogP contribution in [-0.4, -0.2) is 49.1 Å². The second-order valence-electron chi connectivity index (χ2n) is 9.02. The van der Waals surface area contributed by atoms with Crippen molar-refractivity contribution in [3.05, 3.63) is 34.9 Å². The molecule has 1 aromatic carbocycles. The van der Waals surface area contributed by atoms with Crippen molar-refractivity contribution in [3.8, 4) is 0 Å². The first-order chi connectivity index (χ1) is 13.5. The minimum absolute atomic E-state index is 0.0585. The Balaban J connectivity index is 1.56. The maximum absolute atomic E-state index is 13.3. The standard InChI is InChI=1S/C23H32N2O3/c1-16-7-8-17(2)19(13-16)22(27)25-14-20(21(26)24-18-5-3-4-6-18)23(15-25)9-11-28-12-10-23/h7-8,13,18,20H,3-6,9-12,14-15H2,1-2H3,(H,24,26). The van der Waals surface area contributed by atoms with Crippen LogP contribution in [0.25, 0.3) is 0 Å². The Bertz CT molecular complexity index is 748. The molecule has 1 unspecified atom stereocenters. The van der Waals surface area contributed by atoms with Gasteiger partial charge in [-0.25, -0.2) is 0 Å². The predicted molar refractivity (Wildman–Crippen MR) is 108 cm³/mol. The minimum atomic E-state index is -0.145. The largest absolute Gasteiger partial charge is 0.381 e. The second kappa shape index (κ2) is 7.86. The van der Waals surface area contributed by atoms with Crippen LogP contribution < -0.4 is 5.32 Å². The summed E-state index contributed by atoms with van der Waals surface area (Å²) in [6, 6.07) is 6.33. The Morgan fingerprint density at radius 2 is 1.86 bits per heavy atom. The van der Waals surface area contributed by atoms with Gasteiger partial charge in [0.2, 0.25) is 5.91 Å². The first kappa shape index (κ1) is 19.4. The average molecular weight is 385 g/mol. The quantitative estimate of drug-likeness (QED) is 0.870. The second-order valence-corrected chi connectivity index (χ2v) is 9.02. The van der Waals surface area contributed by atoms with E-state index in [-0.39, 0.29) is 23.1 Å². The summed E-state index contributed by atoms with van der Waals surface area (Å²) in [4.78, 5) is 28.5. The molecule has 1 aromatic rings. The third-order valence-corrected chi connectivity index (χ3v) is 7.07. The molecule has 5 heteroatoms. The lowest BCUT2D eigenvalue weighted by molar-refractivity contribution is -0.130. The highest BCUT2D eigenvalue weighted by Gasteiger charge is 2.52. The van der Waals surface area contributed by atoms with Crippen molar-refractivity contribution in [1.29, 1.82) is 0 Å². The number of carbonyl (C=O) groups is 2. The van der Waals surface area contributed by atoms with Gasteiger partial charge in [0.05, 0.1) is 5.92 Å². The van der Waals surface area contributed by atoms with Crippen LogP contribution >= 0.6 is 0 Å². The van der Waals surface area contributed by atoms with Crippen LogP contribution in [0.15, 0.2) is 18.2 Å². The fourth-order valence-corrected chi connectivity index (χ4v) is 5.28. The molecule has 2 saturated heterocycles. The van der Waals surface area contributed by atoms with Crippen molar-refractivity contribution in [2.75, 3.05) is 26.3 Å². The maximum Gasteiger partial charge on any atom is 0.254 e. The lowest BCUT2D eigenvalue weighted by Crippen LogP contribution is -2.46. The molecule has 5 nitrogen and oxygen atoms in total. The van der Waals surface area contributed by atoms with Gasteiger partial charge in [-0.3, -0.25) is 9.59 Å². The zero-order valence-corrected chi connectivity index (χ0v) is 17.1. The molecule has 0 bridgehead atoms. The fourth-order valence-electron chi connectivity index (χ4n) is 5.28. The summed E-state index contributed by atoms with van der Waals surface area (Å²) in [5.41, 5.74) is 2.70. The van der Waals surface area contributed by atoms with Crippen LogP contribution in [0.4, 0.5) is 0 Å². The van der Waals surface area contributed by atoms with Crippen molar-refractivity contribution < 1.29 is 14.3 Å². The van der Waals surface area contributed by atoms with Gasteiger partial charge in [0, 0.05) is 43.3 Å². The first-order valence-electron chi connectivity index (χ1n) is 10.7. The Morgan fingerprint density at radius 1 is 1.14 bits per heavy atom. The summed E-state index contributed by atoms with van der Waals surface area (Å²) < 4.78 is 5.60. The number of likely N-dealkylation sites (tertiary alicyclic amines) is 1. The number of benzene rings is 1. The Hall–Kier alpha value is -1.88. The smallest absolute Gasteiger partial charge is 0.254 e. The zero-order chi connectivity index (χ0) is 19.7. The molecular formula is C23H32N2O3. The molecule has 2 aliphatic heterocycles. The van der Waals surface area contributed by atoms with E-state index in [1.807, 2.05) is 36.9 Å². The van der Waals surface area contributed by atoms with Gasteiger partial charge >= 0.3 is 0 Å². The highest BCUT2D eigenvalue weighted by Crippen LogP contribution is 2.45. The molecule has 1 N–H and O–H groups in total. The Labute approximate surface area is 167 Å². The van der Waals surface area contributed by atoms with E-state index < -0.39 is 0 Å². The van der Waals surface area contributed by atoms with Crippen LogP contribution in [-0.2, 0) is 9.53 Å². The number of aryl methyl sites for hydroxylation is 2. The molecular weight excluding hydrogens is 352 g/mol. The van der Waals surface area contributed by atoms with Gasteiger partial charge in [0.1, 0.15) is 0 Å². The number of carbonyl (C=O) groups excluding carboxylic acids is 2. The van der Waals surface area contributed by atoms with E-state index in [0.29, 0.717) is 32.3 Å². The van der Waals surface area contributed by atoms with E-state index in [1.54, 1.807) is 0 Å². The molecule has 0 radical (unpaired) electrons. The van der Waals surface area contributed by atoms with Crippen LogP contribution in [0, 0.1) is 25.2 Å². The van der Waals surface area contributed by atoms with Gasteiger partial charge in [0.15, 0.2) is 0 Å². The van der Waals surface area contributed by atoms with Crippen LogP contribution in [0.2, 0.25) is 0 Å². The molecule has 1 atom stereocenters. The van der Waals surface area contributed by atoms with Gasteiger partial charge < -0.3 is 15.0 Å². The van der Waals surface area contributed by atoms with Crippen molar-refractivity contribution in [1.82, 2.24) is 10.2 Å². The number of hydrogen-bond acceptors (Lipinski definition) is 3. The third kappa shape index (κ3) is 3.69. The minimum Gasteiger partial charge on any atom is -0.381 e. The van der Waals surface area contributed by atoms with E-state index in [1.165, 1.54) is 12.8 Å². The van der Waals surface area contributed by atoms with Crippen LogP contribution in [0.5, 0.6) is 0 Å². The lowest BCUT2D eigenvalue weighted by Gasteiger charge is -2.37. The molecule has 3 fully saturated rings. The van der Waals surface area contributed by atoms with E-state index in [2.05, 4.69) is 5.32 Å². The number of hydrogen-bond donors (Lipinski definition) is 1. The number of ether oxygens (including phenoxy) is 1. The molecule has 1 aliphatic carbocycles. The Kier molecular flexibility index (Phi) is 5.46. The summed E-state index contributed by atoms with van der Waals surface area (Å²) in [7, 11) is 0. The maximum atomic E-state index is 13.3. The molecule has 0 aromatic heterocycles. The molecule has 28 heavy (non-hydrogen) atoms. The predicted octanol–water partition coefficient (Wildman–Crippen LogP) is 3.23. The van der Waals surface area contributed by atoms with E-state index in [0.717, 1.165) is 42.4 Å². The monoisotopic (exact) mass is 384 g/mol. The number of nitrogens with zero attached hydrogens (tertiary/aromatic N) is 1. The topological polar surface area (TPSA) is 58.6 Å². The van der Waals surface area contributed by atoms with Gasteiger partial charge in [0.25, 0.3) is 5.91 Å². The van der Waals surface area contributed by atoms with Crippen molar-refractivity contribution >= 4 is 11.8 Å². The molecule has 152 valence electrons. The average Bonchev–Trinajstić information content (AvgIpc) is 3.32. The molecule has 3 aliphatic rings. The van der Waals surface area contributed by atoms with Crippen LogP contribution in [0.1, 0.15) is 60.0 Å². The van der Waals surface area contributed by atoms with Crippen LogP contribution in [0.3, 0.4) is 0 Å². The summed E-state index contributed by atoms with van der Waals surface area (Å²) in [5, 5.41) is 3.29. The third-order valence-electron chi connectivity index (χ3n) is 7.07. The van der Waals surface area contributed by atoms with Gasteiger partial charge in [-0.1, -0.05) is 30.5 Å². The molecule has 2 amide bonds. The van der Waals surface area contributed by atoms with Gasteiger partial charge in [-0.15, -0.1) is 0 Å². The number of rotatable bonds is 3. The highest BCUT2D eigenvalue weighted by atomic mass is 16.5. The van der Waals surface area contributed by atoms with Crippen molar-refractivity contribution in [3.63, 3.8) is 0 Å². The first-order valence-corrected chi connectivity index (χ1v) is 10.7. The zero-order valence-electron chi connectivity index (χ0n) is 17.1. The molecule has 1 spiro atoms. The van der Waals surface area contributed by atoms with Gasteiger partial charge in [-0.2, -0.15) is 0 Å². The lowest BCUT2D eigenvalue weighted by atomic mass is 9.71. The normalized spacial score (nSPS) is 24.6. The summed E-state index contributed by atoms with van der Waals surface area (Å²) >= 11 is 0. The summed E-state index contributed by atoms with van der Waals surface area (Å²) in [6.45, 7) is 6.53. The fraction of sp³-hybridized carbons (Fsp3) is 0.652. The summed E-state index contributed by atoms with van der Waals surface area (Å²) in [6.07, 6.45) is 6.27. The SMILES string of the molecule is Cc1ccc(C)c(C(=O)N2CC(C(=O)NC3CCCC3)C3(CCOCC3)C2)c1. The van der Waals surface area contributed by atoms with E-state index in [4.69, 9.17) is 4.74 Å². The Morgan fingerprint density at radius 3 is 2.57 bits per heavy atom. The van der Waals surface area contributed by atoms with E-state index >= 15 is 0 Å². The molecule has 4 rings (SSSR count). The molecule has 2 heterocycles. The van der Waals surface area contributed by atoms with Crippen molar-refractivity contribution in [2.45, 2.75) is 58.4 Å². The highest BCUT2D eigenvalue weighted by molar-refractivity contribution is 5.96. The summed E-state index contributed by atoms with van der Waals surface area (Å²) in [5.74, 6) is 0.0689. The van der Waals surface area contributed by atoms with Gasteiger partial charge in [-0.05, 0) is 51.2 Å². The number of nitrogens with one attached hydrogen (secondary N) is 1. The van der Waals surface area contributed by atoms with Crippen molar-refractivity contribution in [2.24, 2.45) is 11.3 Å². The van der Waals surface area contributed by atoms with E-state index in [9.17, 15) is 9.59 Å².